The second-order valence-electron chi connectivity index (χ2n) is 4.87. The van der Waals surface area contributed by atoms with Gasteiger partial charge in [0, 0.05) is 18.3 Å². The molecule has 0 atom stereocenters. The summed E-state index contributed by atoms with van der Waals surface area (Å²) in [5, 5.41) is 11.1. The van der Waals surface area contributed by atoms with Crippen LogP contribution in [0, 0.1) is 20.8 Å². The summed E-state index contributed by atoms with van der Waals surface area (Å²) in [4.78, 5) is 17.6. The van der Waals surface area contributed by atoms with E-state index in [1.54, 1.807) is 23.9 Å². The average Bonchev–Trinajstić information content (AvgIpc) is 2.98. The van der Waals surface area contributed by atoms with Crippen LogP contribution >= 0.6 is 11.3 Å². The molecule has 0 unspecified atom stereocenters. The molecule has 0 aliphatic heterocycles. The zero-order valence-electron chi connectivity index (χ0n) is 12.3. The number of hydrogen-bond donors (Lipinski definition) is 0. The molecule has 0 saturated carbocycles. The van der Waals surface area contributed by atoms with E-state index in [-0.39, 0.29) is 5.56 Å². The van der Waals surface area contributed by atoms with Crippen molar-refractivity contribution in [2.75, 3.05) is 0 Å². The Morgan fingerprint density at radius 2 is 2.10 bits per heavy atom. The summed E-state index contributed by atoms with van der Waals surface area (Å²) in [5.74, 6) is 0.574. The van der Waals surface area contributed by atoms with Gasteiger partial charge in [-0.05, 0) is 32.2 Å². The number of rotatable bonds is 2. The first-order valence-electron chi connectivity index (χ1n) is 6.50. The van der Waals surface area contributed by atoms with Gasteiger partial charge in [-0.25, -0.2) is 4.98 Å². The smallest absolute Gasteiger partial charge is 0.272 e. The maximum absolute atomic E-state index is 12.4. The van der Waals surface area contributed by atoms with Crippen LogP contribution in [0.25, 0.3) is 10.2 Å². The molecule has 0 aliphatic carbocycles. The van der Waals surface area contributed by atoms with Crippen molar-refractivity contribution in [3.63, 3.8) is 0 Å². The highest BCUT2D eigenvalue weighted by Crippen LogP contribution is 2.15. The van der Waals surface area contributed by atoms with Gasteiger partial charge >= 0.3 is 0 Å². The molecule has 7 heteroatoms. The molecular weight excluding hydrogens is 286 g/mol. The summed E-state index contributed by atoms with van der Waals surface area (Å²) in [6.07, 6.45) is 1.67. The summed E-state index contributed by atoms with van der Waals surface area (Å²) in [6.45, 7) is 5.67. The molecule has 0 amide bonds. The van der Waals surface area contributed by atoms with Crippen molar-refractivity contribution in [3.05, 3.63) is 44.6 Å². The third-order valence-electron chi connectivity index (χ3n) is 3.50. The molecule has 0 fully saturated rings. The Morgan fingerprint density at radius 3 is 2.76 bits per heavy atom. The zero-order chi connectivity index (χ0) is 15.1. The van der Waals surface area contributed by atoms with Gasteiger partial charge in [-0.2, -0.15) is 14.9 Å². The molecule has 3 heterocycles. The Morgan fingerprint density at radius 1 is 1.33 bits per heavy atom. The Kier molecular flexibility index (Phi) is 3.21. The van der Waals surface area contributed by atoms with Crippen molar-refractivity contribution in [2.24, 2.45) is 12.1 Å². The number of aryl methyl sites for hydroxylation is 3. The van der Waals surface area contributed by atoms with Crippen molar-refractivity contribution >= 4 is 27.8 Å². The van der Waals surface area contributed by atoms with E-state index < -0.39 is 0 Å². The van der Waals surface area contributed by atoms with E-state index in [0.29, 0.717) is 11.2 Å². The van der Waals surface area contributed by atoms with Crippen molar-refractivity contribution in [3.8, 4) is 0 Å². The molecule has 0 radical (unpaired) electrons. The minimum absolute atomic E-state index is 0.144. The first kappa shape index (κ1) is 13.7. The molecule has 21 heavy (non-hydrogen) atoms. The summed E-state index contributed by atoms with van der Waals surface area (Å²) < 4.78 is 3.13. The van der Waals surface area contributed by atoms with Crippen LogP contribution < -0.4 is 5.56 Å². The molecule has 3 aromatic heterocycles. The predicted molar refractivity (Wildman–Crippen MR) is 84.3 cm³/mol. The average molecular weight is 301 g/mol. The van der Waals surface area contributed by atoms with Crippen LogP contribution in [0.3, 0.4) is 0 Å². The van der Waals surface area contributed by atoms with Crippen LogP contribution in [0.1, 0.15) is 22.8 Å². The highest BCUT2D eigenvalue weighted by Gasteiger charge is 2.10. The van der Waals surface area contributed by atoms with E-state index in [1.807, 2.05) is 26.3 Å². The van der Waals surface area contributed by atoms with Crippen molar-refractivity contribution in [2.45, 2.75) is 20.8 Å². The lowest BCUT2D eigenvalue weighted by atomic mass is 10.2. The minimum Gasteiger partial charge on any atom is -0.272 e. The van der Waals surface area contributed by atoms with Gasteiger partial charge in [-0.3, -0.25) is 9.48 Å². The van der Waals surface area contributed by atoms with Gasteiger partial charge in [0.1, 0.15) is 10.7 Å². The normalized spacial score (nSPS) is 11.8. The lowest BCUT2D eigenvalue weighted by Gasteiger charge is -2.02. The maximum atomic E-state index is 12.4. The second kappa shape index (κ2) is 4.92. The molecule has 0 spiro atoms. The van der Waals surface area contributed by atoms with Gasteiger partial charge in [0.15, 0.2) is 0 Å². The number of nitrogens with zero attached hydrogens (tertiary/aromatic N) is 5. The second-order valence-corrected chi connectivity index (χ2v) is 5.76. The van der Waals surface area contributed by atoms with Crippen molar-refractivity contribution in [1.82, 2.24) is 19.4 Å². The Balaban J connectivity index is 2.13. The molecule has 0 N–H and O–H groups in total. The molecule has 108 valence electrons. The highest BCUT2D eigenvalue weighted by atomic mass is 32.1. The van der Waals surface area contributed by atoms with Crippen LogP contribution in [0.5, 0.6) is 0 Å². The van der Waals surface area contributed by atoms with Gasteiger partial charge in [0.2, 0.25) is 0 Å². The first-order chi connectivity index (χ1) is 9.99. The van der Waals surface area contributed by atoms with Crippen molar-refractivity contribution < 1.29 is 0 Å². The van der Waals surface area contributed by atoms with Gasteiger partial charge in [-0.15, -0.1) is 11.3 Å². The molecule has 0 aromatic carbocycles. The third kappa shape index (κ3) is 2.19. The molecular formula is C14H15N5OS. The molecule has 6 nitrogen and oxygen atoms in total. The van der Waals surface area contributed by atoms with Crippen LogP contribution in [0.2, 0.25) is 0 Å². The number of fused-ring (bicyclic) bond motifs is 1. The van der Waals surface area contributed by atoms with Crippen LogP contribution in [0.15, 0.2) is 21.3 Å². The fourth-order valence-corrected chi connectivity index (χ4v) is 3.03. The molecule has 3 rings (SSSR count). The topological polar surface area (TPSA) is 65.1 Å². The zero-order valence-corrected chi connectivity index (χ0v) is 13.1. The minimum atomic E-state index is -0.144. The van der Waals surface area contributed by atoms with Gasteiger partial charge < -0.3 is 0 Å². The summed E-state index contributed by atoms with van der Waals surface area (Å²) in [7, 11) is 1.88. The Bertz CT molecular complexity index is 915. The molecule has 0 saturated heterocycles. The van der Waals surface area contributed by atoms with Gasteiger partial charge in [0.05, 0.1) is 17.3 Å². The van der Waals surface area contributed by atoms with Gasteiger partial charge in [-0.1, -0.05) is 0 Å². The largest absolute Gasteiger partial charge is 0.282 e. The van der Waals surface area contributed by atoms with E-state index in [0.717, 1.165) is 21.8 Å². The molecule has 0 aliphatic rings. The van der Waals surface area contributed by atoms with Crippen LogP contribution in [-0.4, -0.2) is 25.7 Å². The lowest BCUT2D eigenvalue weighted by Crippen LogP contribution is -2.19. The maximum Gasteiger partial charge on any atom is 0.282 e. The monoisotopic (exact) mass is 301 g/mol. The molecule has 3 aromatic rings. The SMILES string of the molecule is Cc1nn(C)c(C)c1/C=N\n1c(C)nc2sccc2c1=O. The fourth-order valence-electron chi connectivity index (χ4n) is 2.23. The number of thiophene rings is 1. The number of hydrogen-bond acceptors (Lipinski definition) is 5. The third-order valence-corrected chi connectivity index (χ3v) is 4.31. The predicted octanol–water partition coefficient (Wildman–Crippen LogP) is 2.00. The Labute approximate surface area is 125 Å². The van der Waals surface area contributed by atoms with Crippen LogP contribution in [0.4, 0.5) is 0 Å². The molecule has 0 bridgehead atoms. The van der Waals surface area contributed by atoms with Crippen LogP contribution in [-0.2, 0) is 7.05 Å². The van der Waals surface area contributed by atoms with E-state index in [4.69, 9.17) is 0 Å². The highest BCUT2D eigenvalue weighted by molar-refractivity contribution is 7.16. The van der Waals surface area contributed by atoms with E-state index >= 15 is 0 Å². The first-order valence-corrected chi connectivity index (χ1v) is 7.38. The quantitative estimate of drug-likeness (QED) is 0.680. The number of aromatic nitrogens is 4. The Hall–Kier alpha value is -2.28. The van der Waals surface area contributed by atoms with Gasteiger partial charge in [0.25, 0.3) is 5.56 Å². The van der Waals surface area contributed by atoms with Crippen molar-refractivity contribution in [1.29, 1.82) is 0 Å². The van der Waals surface area contributed by atoms with E-state index in [2.05, 4.69) is 15.2 Å². The fraction of sp³-hybridized carbons (Fsp3) is 0.286. The summed E-state index contributed by atoms with van der Waals surface area (Å²) in [5.41, 5.74) is 2.67. The van der Waals surface area contributed by atoms with E-state index in [1.165, 1.54) is 16.0 Å². The standard InChI is InChI=1S/C14H15N5OS/c1-8-12(9(2)18(4)17-8)7-15-19-10(3)16-13-11(14(19)20)5-6-21-13/h5-7H,1-4H3/b15-7-. The summed E-state index contributed by atoms with van der Waals surface area (Å²) in [6, 6.07) is 1.78. The lowest BCUT2D eigenvalue weighted by molar-refractivity contribution is 0.731. The summed E-state index contributed by atoms with van der Waals surface area (Å²) >= 11 is 1.46. The van der Waals surface area contributed by atoms with E-state index in [9.17, 15) is 4.79 Å².